The summed E-state index contributed by atoms with van der Waals surface area (Å²) < 4.78 is 40.4. The molecule has 35 heavy (non-hydrogen) atoms. The van der Waals surface area contributed by atoms with Gasteiger partial charge in [-0.3, -0.25) is 0 Å². The molecule has 0 aliphatic heterocycles. The van der Waals surface area contributed by atoms with Gasteiger partial charge in [0.2, 0.25) is 0 Å². The Labute approximate surface area is 204 Å². The zero-order chi connectivity index (χ0) is 24.5. The lowest BCUT2D eigenvalue weighted by Gasteiger charge is -2.29. The molecule has 0 bridgehead atoms. The molecule has 1 fully saturated rings. The number of ether oxygens (including phenoxy) is 2. The maximum Gasteiger partial charge on any atom is 0.407 e. The Bertz CT molecular complexity index is 1110. The molecule has 3 aromatic carbocycles. The summed E-state index contributed by atoms with van der Waals surface area (Å²) in [5.74, 6) is -1.23. The van der Waals surface area contributed by atoms with Gasteiger partial charge in [0, 0.05) is 6.04 Å². The number of nitrogens with one attached hydrogen (secondary N) is 1. The van der Waals surface area contributed by atoms with E-state index in [-0.39, 0.29) is 30.9 Å². The molecule has 1 N–H and O–H groups in total. The Balaban J connectivity index is 1.30. The predicted molar refractivity (Wildman–Crippen MR) is 132 cm³/mol. The van der Waals surface area contributed by atoms with Gasteiger partial charge in [-0.15, -0.1) is 0 Å². The first-order valence-corrected chi connectivity index (χ1v) is 11.9. The van der Waals surface area contributed by atoms with Gasteiger partial charge in [0.25, 0.3) is 0 Å². The fourth-order valence-corrected chi connectivity index (χ4v) is 4.25. The summed E-state index contributed by atoms with van der Waals surface area (Å²) in [4.78, 5) is 12.1. The number of carbonyl (C=O) groups excluding carboxylic acids is 1. The highest BCUT2D eigenvalue weighted by molar-refractivity contribution is 5.82. The van der Waals surface area contributed by atoms with Crippen LogP contribution in [0.25, 0.3) is 11.6 Å². The third kappa shape index (κ3) is 7.23. The van der Waals surface area contributed by atoms with Crippen molar-refractivity contribution >= 4 is 17.7 Å². The highest BCUT2D eigenvalue weighted by Crippen LogP contribution is 2.27. The highest BCUT2D eigenvalue weighted by atomic mass is 19.1. The standard InChI is InChI=1S/C29H29F2NO3/c30-26-12-7-13-27(31)28(26)23(18-21-8-3-1-4-9-21)20-34-25-16-14-24(15-17-25)32-29(33)35-19-22-10-5-2-6-11-22/h1-13,18,24-25H,14-17,19-20H2,(H,32,33)/b23-18-/t24-,25-. The van der Waals surface area contributed by atoms with Crippen molar-refractivity contribution in [2.45, 2.75) is 44.4 Å². The van der Waals surface area contributed by atoms with Crippen molar-refractivity contribution in [1.82, 2.24) is 5.32 Å². The fourth-order valence-electron chi connectivity index (χ4n) is 4.25. The van der Waals surface area contributed by atoms with E-state index in [1.54, 1.807) is 6.08 Å². The second-order valence-electron chi connectivity index (χ2n) is 8.67. The molecule has 0 saturated heterocycles. The number of hydrogen-bond donors (Lipinski definition) is 1. The van der Waals surface area contributed by atoms with Gasteiger partial charge in [0.15, 0.2) is 0 Å². The molecule has 4 rings (SSSR count). The SMILES string of the molecule is O=C(N[C@H]1CC[C@H](OC/C(=C/c2ccccc2)c2c(F)cccc2F)CC1)OCc1ccccc1. The van der Waals surface area contributed by atoms with Crippen LogP contribution in [0, 0.1) is 11.6 Å². The van der Waals surface area contributed by atoms with Gasteiger partial charge in [0.05, 0.1) is 18.3 Å². The second-order valence-corrected chi connectivity index (χ2v) is 8.67. The van der Waals surface area contributed by atoms with E-state index in [0.29, 0.717) is 5.57 Å². The smallest absolute Gasteiger partial charge is 0.407 e. The summed E-state index contributed by atoms with van der Waals surface area (Å²) in [6.07, 6.45) is 4.25. The van der Waals surface area contributed by atoms with Crippen molar-refractivity contribution < 1.29 is 23.0 Å². The van der Waals surface area contributed by atoms with Crippen molar-refractivity contribution in [1.29, 1.82) is 0 Å². The Morgan fingerprint density at radius 2 is 1.49 bits per heavy atom. The van der Waals surface area contributed by atoms with E-state index >= 15 is 0 Å². The van der Waals surface area contributed by atoms with Crippen molar-refractivity contribution in [3.63, 3.8) is 0 Å². The highest BCUT2D eigenvalue weighted by Gasteiger charge is 2.24. The summed E-state index contributed by atoms with van der Waals surface area (Å²) in [5.41, 5.74) is 2.17. The lowest BCUT2D eigenvalue weighted by Crippen LogP contribution is -2.39. The van der Waals surface area contributed by atoms with E-state index < -0.39 is 17.7 Å². The van der Waals surface area contributed by atoms with Gasteiger partial charge < -0.3 is 14.8 Å². The topological polar surface area (TPSA) is 47.6 Å². The van der Waals surface area contributed by atoms with Crippen LogP contribution in [-0.2, 0) is 16.1 Å². The molecule has 0 unspecified atom stereocenters. The summed E-state index contributed by atoms with van der Waals surface area (Å²) in [6.45, 7) is 0.322. The van der Waals surface area contributed by atoms with Gasteiger partial charge in [-0.05, 0) is 60.6 Å². The number of alkyl carbamates (subject to hydrolysis) is 1. The minimum Gasteiger partial charge on any atom is -0.445 e. The normalized spacial score (nSPS) is 18.2. The molecule has 1 aliphatic rings. The number of amides is 1. The molecule has 0 spiro atoms. The monoisotopic (exact) mass is 477 g/mol. The van der Waals surface area contributed by atoms with E-state index in [2.05, 4.69) is 5.32 Å². The van der Waals surface area contributed by atoms with Crippen molar-refractivity contribution in [3.8, 4) is 0 Å². The van der Waals surface area contributed by atoms with Gasteiger partial charge in [-0.25, -0.2) is 13.6 Å². The molecule has 3 aromatic rings. The number of rotatable bonds is 8. The molecular formula is C29H29F2NO3. The van der Waals surface area contributed by atoms with E-state index in [9.17, 15) is 13.6 Å². The Morgan fingerprint density at radius 3 is 2.14 bits per heavy atom. The average Bonchev–Trinajstić information content (AvgIpc) is 2.88. The van der Waals surface area contributed by atoms with Crippen LogP contribution in [0.4, 0.5) is 13.6 Å². The largest absolute Gasteiger partial charge is 0.445 e. The second kappa shape index (κ2) is 12.3. The maximum atomic E-state index is 14.5. The summed E-state index contributed by atoms with van der Waals surface area (Å²) >= 11 is 0. The molecule has 0 atom stereocenters. The first kappa shape index (κ1) is 24.6. The molecule has 0 radical (unpaired) electrons. The van der Waals surface area contributed by atoms with Crippen LogP contribution in [0.2, 0.25) is 0 Å². The number of benzene rings is 3. The van der Waals surface area contributed by atoms with Gasteiger partial charge in [-0.1, -0.05) is 66.7 Å². The summed E-state index contributed by atoms with van der Waals surface area (Å²) in [5, 5.41) is 2.92. The number of carbonyl (C=O) groups is 1. The van der Waals surface area contributed by atoms with Crippen LogP contribution in [0.3, 0.4) is 0 Å². The maximum absolute atomic E-state index is 14.5. The minimum atomic E-state index is -0.613. The third-order valence-electron chi connectivity index (χ3n) is 6.11. The average molecular weight is 478 g/mol. The van der Waals surface area contributed by atoms with Crippen LogP contribution < -0.4 is 5.32 Å². The van der Waals surface area contributed by atoms with E-state index in [1.165, 1.54) is 18.2 Å². The Morgan fingerprint density at radius 1 is 0.857 bits per heavy atom. The van der Waals surface area contributed by atoms with E-state index in [4.69, 9.17) is 9.47 Å². The lowest BCUT2D eigenvalue weighted by atomic mass is 9.93. The predicted octanol–water partition coefficient (Wildman–Crippen LogP) is 6.76. The van der Waals surface area contributed by atoms with Crippen LogP contribution in [0.5, 0.6) is 0 Å². The Hall–Kier alpha value is -3.51. The fraction of sp³-hybridized carbons (Fsp3) is 0.276. The van der Waals surface area contributed by atoms with E-state index in [1.807, 2.05) is 60.7 Å². The molecule has 0 heterocycles. The van der Waals surface area contributed by atoms with Gasteiger partial charge >= 0.3 is 6.09 Å². The number of halogens is 2. The van der Waals surface area contributed by atoms with Crippen molar-refractivity contribution in [3.05, 3.63) is 107 Å². The zero-order valence-corrected chi connectivity index (χ0v) is 19.5. The molecular weight excluding hydrogens is 448 g/mol. The van der Waals surface area contributed by atoms with Crippen LogP contribution in [0.15, 0.2) is 78.9 Å². The quantitative estimate of drug-likeness (QED) is 0.365. The molecule has 1 saturated carbocycles. The lowest BCUT2D eigenvalue weighted by molar-refractivity contribution is 0.0416. The molecule has 182 valence electrons. The molecule has 4 nitrogen and oxygen atoms in total. The summed E-state index contributed by atoms with van der Waals surface area (Å²) in [6, 6.07) is 22.8. The number of hydrogen-bond acceptors (Lipinski definition) is 3. The molecule has 1 amide bonds. The summed E-state index contributed by atoms with van der Waals surface area (Å²) in [7, 11) is 0. The van der Waals surface area contributed by atoms with E-state index in [0.717, 1.165) is 36.8 Å². The van der Waals surface area contributed by atoms with Gasteiger partial charge in [-0.2, -0.15) is 0 Å². The van der Waals surface area contributed by atoms with Crippen LogP contribution >= 0.6 is 0 Å². The third-order valence-corrected chi connectivity index (χ3v) is 6.11. The van der Waals surface area contributed by atoms with Crippen molar-refractivity contribution in [2.75, 3.05) is 6.61 Å². The van der Waals surface area contributed by atoms with Crippen molar-refractivity contribution in [2.24, 2.45) is 0 Å². The Kier molecular flexibility index (Phi) is 8.63. The molecule has 6 heteroatoms. The molecule has 1 aliphatic carbocycles. The van der Waals surface area contributed by atoms with Crippen LogP contribution in [0.1, 0.15) is 42.4 Å². The van der Waals surface area contributed by atoms with Gasteiger partial charge in [0.1, 0.15) is 18.2 Å². The zero-order valence-electron chi connectivity index (χ0n) is 19.5. The minimum absolute atomic E-state index is 0.0152. The molecule has 0 aromatic heterocycles. The van der Waals surface area contributed by atoms with Crippen LogP contribution in [-0.4, -0.2) is 24.8 Å². The first-order valence-electron chi connectivity index (χ1n) is 11.9. The first-order chi connectivity index (χ1) is 17.1.